The summed E-state index contributed by atoms with van der Waals surface area (Å²) in [6, 6.07) is 5.78. The number of benzene rings is 1. The first-order valence-corrected chi connectivity index (χ1v) is 4.67. The number of rotatable bonds is 1. The summed E-state index contributed by atoms with van der Waals surface area (Å²) >= 11 is 0. The van der Waals surface area contributed by atoms with Crippen LogP contribution in [0.1, 0.15) is 5.56 Å². The van der Waals surface area contributed by atoms with Gasteiger partial charge >= 0.3 is 11.7 Å². The standard InChI is InChI=1S/C11H10N2O3/c1-6-4-10(14)16-9-5-7(13-11(12)15)2-3-8(6)9/h2-5H,1H3,(H3,12,13,15). The van der Waals surface area contributed by atoms with Crippen LogP contribution in [0.25, 0.3) is 11.0 Å². The van der Waals surface area contributed by atoms with E-state index in [1.165, 1.54) is 6.07 Å². The van der Waals surface area contributed by atoms with Crippen molar-refractivity contribution in [2.75, 3.05) is 5.32 Å². The number of amides is 2. The molecule has 0 radical (unpaired) electrons. The van der Waals surface area contributed by atoms with Crippen LogP contribution >= 0.6 is 0 Å². The van der Waals surface area contributed by atoms with Gasteiger partial charge in [-0.05, 0) is 24.6 Å². The number of aryl methyl sites for hydroxylation is 1. The van der Waals surface area contributed by atoms with E-state index in [1.54, 1.807) is 18.2 Å². The summed E-state index contributed by atoms with van der Waals surface area (Å²) in [7, 11) is 0. The molecule has 5 nitrogen and oxygen atoms in total. The van der Waals surface area contributed by atoms with Crippen LogP contribution in [0.5, 0.6) is 0 Å². The molecule has 1 heterocycles. The third-order valence-electron chi connectivity index (χ3n) is 2.22. The molecule has 2 rings (SSSR count). The number of urea groups is 1. The average molecular weight is 218 g/mol. The monoisotopic (exact) mass is 218 g/mol. The summed E-state index contributed by atoms with van der Waals surface area (Å²) in [6.45, 7) is 1.82. The Bertz CT molecular complexity index is 616. The third kappa shape index (κ3) is 1.88. The number of carbonyl (C=O) groups is 1. The molecule has 2 amide bonds. The number of carbonyl (C=O) groups excluding carboxylic acids is 1. The van der Waals surface area contributed by atoms with E-state index in [0.29, 0.717) is 11.3 Å². The molecule has 1 aromatic heterocycles. The van der Waals surface area contributed by atoms with Crippen molar-refractivity contribution in [3.05, 3.63) is 40.2 Å². The molecule has 0 saturated heterocycles. The molecule has 3 N–H and O–H groups in total. The Balaban J connectivity index is 2.61. The summed E-state index contributed by atoms with van der Waals surface area (Å²) in [6.07, 6.45) is 0. The van der Waals surface area contributed by atoms with Crippen molar-refractivity contribution in [1.82, 2.24) is 0 Å². The zero-order valence-corrected chi connectivity index (χ0v) is 8.61. The smallest absolute Gasteiger partial charge is 0.336 e. The zero-order chi connectivity index (χ0) is 11.7. The van der Waals surface area contributed by atoms with Gasteiger partial charge in [0.05, 0.1) is 0 Å². The second-order valence-corrected chi connectivity index (χ2v) is 3.45. The van der Waals surface area contributed by atoms with E-state index in [2.05, 4.69) is 5.32 Å². The van der Waals surface area contributed by atoms with Crippen LogP contribution in [0.15, 0.2) is 33.5 Å². The Labute approximate surface area is 90.9 Å². The second kappa shape index (κ2) is 3.69. The molecule has 82 valence electrons. The minimum Gasteiger partial charge on any atom is -0.423 e. The van der Waals surface area contributed by atoms with E-state index in [0.717, 1.165) is 10.9 Å². The highest BCUT2D eigenvalue weighted by atomic mass is 16.4. The molecule has 0 unspecified atom stereocenters. The molecular weight excluding hydrogens is 208 g/mol. The quantitative estimate of drug-likeness (QED) is 0.712. The van der Waals surface area contributed by atoms with E-state index in [9.17, 15) is 9.59 Å². The molecule has 16 heavy (non-hydrogen) atoms. The van der Waals surface area contributed by atoms with Crippen LogP contribution in [0.2, 0.25) is 0 Å². The van der Waals surface area contributed by atoms with E-state index in [-0.39, 0.29) is 0 Å². The van der Waals surface area contributed by atoms with Gasteiger partial charge in [0, 0.05) is 23.2 Å². The van der Waals surface area contributed by atoms with Gasteiger partial charge in [-0.25, -0.2) is 9.59 Å². The molecule has 0 spiro atoms. The van der Waals surface area contributed by atoms with Gasteiger partial charge in [-0.15, -0.1) is 0 Å². The molecule has 0 saturated carbocycles. The second-order valence-electron chi connectivity index (χ2n) is 3.45. The molecule has 0 atom stereocenters. The number of hydrogen-bond donors (Lipinski definition) is 2. The van der Waals surface area contributed by atoms with Crippen molar-refractivity contribution >= 4 is 22.7 Å². The van der Waals surface area contributed by atoms with Crippen LogP contribution in [-0.2, 0) is 0 Å². The largest absolute Gasteiger partial charge is 0.423 e. The van der Waals surface area contributed by atoms with Gasteiger partial charge in [0.25, 0.3) is 0 Å². The molecule has 0 aliphatic heterocycles. The highest BCUT2D eigenvalue weighted by molar-refractivity contribution is 5.91. The van der Waals surface area contributed by atoms with Gasteiger partial charge in [0.15, 0.2) is 0 Å². The van der Waals surface area contributed by atoms with Crippen molar-refractivity contribution in [3.63, 3.8) is 0 Å². The van der Waals surface area contributed by atoms with Crippen LogP contribution in [0, 0.1) is 6.92 Å². The lowest BCUT2D eigenvalue weighted by Crippen LogP contribution is -2.19. The minimum absolute atomic E-state index is 0.416. The van der Waals surface area contributed by atoms with Crippen molar-refractivity contribution in [3.8, 4) is 0 Å². The Hall–Kier alpha value is -2.30. The Morgan fingerprint density at radius 1 is 1.38 bits per heavy atom. The van der Waals surface area contributed by atoms with Crippen molar-refractivity contribution in [2.24, 2.45) is 5.73 Å². The van der Waals surface area contributed by atoms with Crippen molar-refractivity contribution in [2.45, 2.75) is 6.92 Å². The lowest BCUT2D eigenvalue weighted by atomic mass is 10.1. The van der Waals surface area contributed by atoms with Crippen molar-refractivity contribution < 1.29 is 9.21 Å². The van der Waals surface area contributed by atoms with Gasteiger partial charge in [-0.1, -0.05) is 0 Å². The highest BCUT2D eigenvalue weighted by Gasteiger charge is 2.04. The Kier molecular flexibility index (Phi) is 2.36. The van der Waals surface area contributed by atoms with Gasteiger partial charge < -0.3 is 15.5 Å². The highest BCUT2D eigenvalue weighted by Crippen LogP contribution is 2.20. The van der Waals surface area contributed by atoms with Gasteiger partial charge in [0.2, 0.25) is 0 Å². The summed E-state index contributed by atoms with van der Waals surface area (Å²) in [5.74, 6) is 0. The first kappa shape index (κ1) is 10.2. The predicted octanol–water partition coefficient (Wildman–Crippen LogP) is 1.59. The van der Waals surface area contributed by atoms with E-state index in [4.69, 9.17) is 10.2 Å². The molecule has 1 aromatic carbocycles. The minimum atomic E-state index is -0.658. The number of primary amides is 1. The number of nitrogens with two attached hydrogens (primary N) is 1. The Morgan fingerprint density at radius 3 is 2.81 bits per heavy atom. The lowest BCUT2D eigenvalue weighted by molar-refractivity contribution is 0.259. The van der Waals surface area contributed by atoms with Gasteiger partial charge in [0.1, 0.15) is 5.58 Å². The van der Waals surface area contributed by atoms with Gasteiger partial charge in [-0.3, -0.25) is 0 Å². The maximum Gasteiger partial charge on any atom is 0.336 e. The molecule has 2 aromatic rings. The van der Waals surface area contributed by atoms with E-state index < -0.39 is 11.7 Å². The first-order valence-electron chi connectivity index (χ1n) is 4.67. The summed E-state index contributed by atoms with van der Waals surface area (Å²) in [4.78, 5) is 21.8. The Morgan fingerprint density at radius 2 is 2.12 bits per heavy atom. The molecule has 0 bridgehead atoms. The summed E-state index contributed by atoms with van der Waals surface area (Å²) in [5.41, 5.74) is 6.32. The fourth-order valence-corrected chi connectivity index (χ4v) is 1.54. The molecule has 5 heteroatoms. The molecular formula is C11H10N2O3. The molecule has 0 aliphatic rings. The number of anilines is 1. The van der Waals surface area contributed by atoms with Crippen LogP contribution in [0.4, 0.5) is 10.5 Å². The fraction of sp³-hybridized carbons (Fsp3) is 0.0909. The fourth-order valence-electron chi connectivity index (χ4n) is 1.54. The van der Waals surface area contributed by atoms with Crippen LogP contribution in [-0.4, -0.2) is 6.03 Å². The zero-order valence-electron chi connectivity index (χ0n) is 8.61. The maximum atomic E-state index is 11.2. The number of hydrogen-bond acceptors (Lipinski definition) is 3. The van der Waals surface area contributed by atoms with E-state index in [1.807, 2.05) is 6.92 Å². The topological polar surface area (TPSA) is 85.3 Å². The average Bonchev–Trinajstić information content (AvgIpc) is 2.15. The van der Waals surface area contributed by atoms with Crippen LogP contribution < -0.4 is 16.7 Å². The normalized spacial score (nSPS) is 10.3. The summed E-state index contributed by atoms with van der Waals surface area (Å²) < 4.78 is 5.02. The first-order chi connectivity index (χ1) is 7.56. The SMILES string of the molecule is Cc1cc(=O)oc2cc(NC(N)=O)ccc12. The molecule has 0 aliphatic carbocycles. The number of fused-ring (bicyclic) bond motifs is 1. The van der Waals surface area contributed by atoms with Crippen LogP contribution in [0.3, 0.4) is 0 Å². The number of nitrogens with one attached hydrogen (secondary N) is 1. The van der Waals surface area contributed by atoms with Gasteiger partial charge in [-0.2, -0.15) is 0 Å². The maximum absolute atomic E-state index is 11.2. The third-order valence-corrected chi connectivity index (χ3v) is 2.22. The lowest BCUT2D eigenvalue weighted by Gasteiger charge is -2.04. The molecule has 0 fully saturated rings. The summed E-state index contributed by atoms with van der Waals surface area (Å²) in [5, 5.41) is 3.24. The van der Waals surface area contributed by atoms with E-state index >= 15 is 0 Å². The van der Waals surface area contributed by atoms with Crippen molar-refractivity contribution in [1.29, 1.82) is 0 Å². The predicted molar refractivity (Wildman–Crippen MR) is 60.4 cm³/mol.